The summed E-state index contributed by atoms with van der Waals surface area (Å²) >= 11 is 5.74. The normalized spacial score (nSPS) is 14.3. The zero-order valence-electron chi connectivity index (χ0n) is 11.2. The minimum absolute atomic E-state index is 0.0502. The highest BCUT2D eigenvalue weighted by Crippen LogP contribution is 2.30. The maximum absolute atomic E-state index is 12.4. The van der Waals surface area contributed by atoms with E-state index in [4.69, 9.17) is 11.6 Å². The van der Waals surface area contributed by atoms with Gasteiger partial charge in [-0.1, -0.05) is 20.8 Å². The molecule has 1 rings (SSSR count). The maximum Gasteiger partial charge on any atom is 0.417 e. The summed E-state index contributed by atoms with van der Waals surface area (Å²) in [5.74, 6) is 0.910. The molecule has 6 heteroatoms. The first kappa shape index (κ1) is 16.1. The number of nitrogens with zero attached hydrogens (tertiary/aromatic N) is 1. The van der Waals surface area contributed by atoms with Crippen molar-refractivity contribution in [3.63, 3.8) is 0 Å². The number of halogens is 4. The quantitative estimate of drug-likeness (QED) is 0.824. The van der Waals surface area contributed by atoms with Crippen molar-refractivity contribution in [1.82, 2.24) is 4.98 Å². The molecule has 1 unspecified atom stereocenters. The average Bonchev–Trinajstić information content (AvgIpc) is 2.26. The standard InChI is InChI=1S/C13H18ClF3N2/c1-12(2,3)10(6-7-14)19-11-5-4-9(8-18-11)13(15,16)17/h4-5,8,10H,6-7H2,1-3H3,(H,18,19). The van der Waals surface area contributed by atoms with Gasteiger partial charge in [-0.3, -0.25) is 0 Å². The predicted octanol–water partition coefficient (Wildman–Crippen LogP) is 4.56. The minimum Gasteiger partial charge on any atom is -0.367 e. The van der Waals surface area contributed by atoms with Gasteiger partial charge in [-0.25, -0.2) is 4.98 Å². The fraction of sp³-hybridized carbons (Fsp3) is 0.615. The number of pyridine rings is 1. The lowest BCUT2D eigenvalue weighted by atomic mass is 9.85. The predicted molar refractivity (Wildman–Crippen MR) is 71.4 cm³/mol. The highest BCUT2D eigenvalue weighted by atomic mass is 35.5. The Morgan fingerprint density at radius 1 is 1.26 bits per heavy atom. The number of aromatic nitrogens is 1. The van der Waals surface area contributed by atoms with Crippen LogP contribution in [0.5, 0.6) is 0 Å². The van der Waals surface area contributed by atoms with Crippen LogP contribution in [0.2, 0.25) is 0 Å². The summed E-state index contributed by atoms with van der Waals surface area (Å²) in [6.07, 6.45) is -2.80. The molecule has 0 amide bonds. The molecule has 1 aromatic rings. The van der Waals surface area contributed by atoms with E-state index >= 15 is 0 Å². The molecule has 0 radical (unpaired) electrons. The first-order valence-electron chi connectivity index (χ1n) is 6.00. The van der Waals surface area contributed by atoms with Crippen molar-refractivity contribution in [2.24, 2.45) is 5.41 Å². The SMILES string of the molecule is CC(C)(C)C(CCCl)Nc1ccc(C(F)(F)F)cn1. The van der Waals surface area contributed by atoms with Gasteiger partial charge in [0, 0.05) is 18.1 Å². The molecule has 0 aliphatic rings. The summed E-state index contributed by atoms with van der Waals surface area (Å²) < 4.78 is 37.2. The zero-order chi connectivity index (χ0) is 14.7. The monoisotopic (exact) mass is 294 g/mol. The molecule has 0 aliphatic carbocycles. The third-order valence-corrected chi connectivity index (χ3v) is 3.07. The first-order chi connectivity index (χ1) is 8.64. The van der Waals surface area contributed by atoms with Crippen LogP contribution in [0.3, 0.4) is 0 Å². The number of hydrogen-bond donors (Lipinski definition) is 1. The van der Waals surface area contributed by atoms with Crippen LogP contribution >= 0.6 is 11.6 Å². The van der Waals surface area contributed by atoms with Gasteiger partial charge in [0.05, 0.1) is 5.56 Å². The van der Waals surface area contributed by atoms with E-state index in [0.717, 1.165) is 12.3 Å². The topological polar surface area (TPSA) is 24.9 Å². The Hall–Kier alpha value is -0.970. The smallest absolute Gasteiger partial charge is 0.367 e. The van der Waals surface area contributed by atoms with E-state index in [1.807, 2.05) is 20.8 Å². The van der Waals surface area contributed by atoms with Crippen LogP contribution in [-0.2, 0) is 6.18 Å². The van der Waals surface area contributed by atoms with Gasteiger partial charge in [-0.15, -0.1) is 11.6 Å². The molecule has 0 aliphatic heterocycles. The maximum atomic E-state index is 12.4. The van der Waals surface area contributed by atoms with Gasteiger partial charge in [-0.2, -0.15) is 13.2 Å². The van der Waals surface area contributed by atoms with Gasteiger partial charge in [0.25, 0.3) is 0 Å². The lowest BCUT2D eigenvalue weighted by molar-refractivity contribution is -0.137. The van der Waals surface area contributed by atoms with E-state index in [0.29, 0.717) is 18.1 Å². The second kappa shape index (κ2) is 5.99. The van der Waals surface area contributed by atoms with E-state index < -0.39 is 11.7 Å². The molecule has 0 fully saturated rings. The van der Waals surface area contributed by atoms with E-state index in [-0.39, 0.29) is 11.5 Å². The Kier molecular flexibility index (Phi) is 5.07. The third kappa shape index (κ3) is 4.90. The molecule has 0 saturated heterocycles. The molecule has 1 aromatic heterocycles. The molecule has 108 valence electrons. The van der Waals surface area contributed by atoms with E-state index in [1.54, 1.807) is 0 Å². The van der Waals surface area contributed by atoms with Crippen LogP contribution in [0.25, 0.3) is 0 Å². The summed E-state index contributed by atoms with van der Waals surface area (Å²) in [6, 6.07) is 2.42. The van der Waals surface area contributed by atoms with Crippen molar-refractivity contribution >= 4 is 17.4 Å². The molecule has 0 saturated carbocycles. The molecular weight excluding hydrogens is 277 g/mol. The average molecular weight is 295 g/mol. The van der Waals surface area contributed by atoms with Crippen molar-refractivity contribution in [1.29, 1.82) is 0 Å². The van der Waals surface area contributed by atoms with Crippen LogP contribution in [0, 0.1) is 5.41 Å². The van der Waals surface area contributed by atoms with Crippen LogP contribution < -0.4 is 5.32 Å². The largest absolute Gasteiger partial charge is 0.417 e. The fourth-order valence-electron chi connectivity index (χ4n) is 1.66. The minimum atomic E-state index is -4.36. The van der Waals surface area contributed by atoms with Crippen molar-refractivity contribution in [3.05, 3.63) is 23.9 Å². The lowest BCUT2D eigenvalue weighted by Crippen LogP contribution is -2.34. The van der Waals surface area contributed by atoms with Crippen molar-refractivity contribution in [2.75, 3.05) is 11.2 Å². The van der Waals surface area contributed by atoms with Crippen molar-refractivity contribution < 1.29 is 13.2 Å². The molecule has 1 atom stereocenters. The molecule has 19 heavy (non-hydrogen) atoms. The Balaban J connectivity index is 2.81. The fourth-order valence-corrected chi connectivity index (χ4v) is 1.87. The number of nitrogens with one attached hydrogen (secondary N) is 1. The van der Waals surface area contributed by atoms with Crippen LogP contribution in [0.4, 0.5) is 19.0 Å². The van der Waals surface area contributed by atoms with Gasteiger partial charge in [0.15, 0.2) is 0 Å². The summed E-state index contributed by atoms with van der Waals surface area (Å²) in [7, 11) is 0. The van der Waals surface area contributed by atoms with Gasteiger partial charge in [0.1, 0.15) is 5.82 Å². The van der Waals surface area contributed by atoms with E-state index in [1.165, 1.54) is 6.07 Å². The zero-order valence-corrected chi connectivity index (χ0v) is 11.9. The summed E-state index contributed by atoms with van der Waals surface area (Å²) in [5.41, 5.74) is -0.804. The molecule has 0 aromatic carbocycles. The van der Waals surface area contributed by atoms with Crippen LogP contribution in [0.15, 0.2) is 18.3 Å². The Morgan fingerprint density at radius 3 is 2.26 bits per heavy atom. The van der Waals surface area contributed by atoms with Crippen molar-refractivity contribution in [3.8, 4) is 0 Å². The van der Waals surface area contributed by atoms with E-state index in [2.05, 4.69) is 10.3 Å². The van der Waals surface area contributed by atoms with Gasteiger partial charge >= 0.3 is 6.18 Å². The van der Waals surface area contributed by atoms with E-state index in [9.17, 15) is 13.2 Å². The molecule has 0 bridgehead atoms. The summed E-state index contributed by atoms with van der Waals surface area (Å²) in [4.78, 5) is 3.81. The van der Waals surface area contributed by atoms with Gasteiger partial charge in [-0.05, 0) is 24.0 Å². The molecule has 1 N–H and O–H groups in total. The third-order valence-electron chi connectivity index (χ3n) is 2.86. The van der Waals surface area contributed by atoms with Gasteiger partial charge < -0.3 is 5.32 Å². The Morgan fingerprint density at radius 2 is 1.89 bits per heavy atom. The van der Waals surface area contributed by atoms with Gasteiger partial charge in [0.2, 0.25) is 0 Å². The molecule has 1 heterocycles. The lowest BCUT2D eigenvalue weighted by Gasteiger charge is -2.31. The first-order valence-corrected chi connectivity index (χ1v) is 6.54. The van der Waals surface area contributed by atoms with Crippen molar-refractivity contribution in [2.45, 2.75) is 39.4 Å². The number of rotatable bonds is 4. The number of alkyl halides is 4. The second-order valence-corrected chi connectivity index (χ2v) is 5.85. The number of anilines is 1. The highest BCUT2D eigenvalue weighted by Gasteiger charge is 2.31. The molecule has 2 nitrogen and oxygen atoms in total. The summed E-state index contributed by atoms with van der Waals surface area (Å²) in [6.45, 7) is 6.13. The Labute approximate surface area is 116 Å². The Bertz CT molecular complexity index is 396. The second-order valence-electron chi connectivity index (χ2n) is 5.47. The van der Waals surface area contributed by atoms with Crippen LogP contribution in [0.1, 0.15) is 32.8 Å². The summed E-state index contributed by atoms with van der Waals surface area (Å²) in [5, 5.41) is 3.14. The van der Waals surface area contributed by atoms with Crippen LogP contribution in [-0.4, -0.2) is 16.9 Å². The highest BCUT2D eigenvalue weighted by molar-refractivity contribution is 6.17. The molecule has 0 spiro atoms. The number of hydrogen-bond acceptors (Lipinski definition) is 2. The molecular formula is C13H18ClF3N2.